The van der Waals surface area contributed by atoms with E-state index in [1.807, 2.05) is 16.8 Å². The molecular formula is C14H24N2O2S. The topological polar surface area (TPSA) is 61.4 Å². The van der Waals surface area contributed by atoms with E-state index in [0.717, 1.165) is 24.8 Å². The molecule has 0 aliphatic carbocycles. The van der Waals surface area contributed by atoms with Gasteiger partial charge in [-0.05, 0) is 47.1 Å². The Kier molecular flexibility index (Phi) is 6.87. The molecule has 1 aromatic rings. The first-order valence-electron chi connectivity index (χ1n) is 6.79. The summed E-state index contributed by atoms with van der Waals surface area (Å²) < 4.78 is 0. The fourth-order valence-electron chi connectivity index (χ4n) is 2.08. The number of rotatable bonds is 8. The molecule has 19 heavy (non-hydrogen) atoms. The van der Waals surface area contributed by atoms with Crippen molar-refractivity contribution in [3.05, 3.63) is 22.4 Å². The zero-order chi connectivity index (χ0) is 14.1. The Morgan fingerprint density at radius 1 is 1.37 bits per heavy atom. The van der Waals surface area contributed by atoms with Gasteiger partial charge in [0.15, 0.2) is 0 Å². The van der Waals surface area contributed by atoms with E-state index in [1.54, 1.807) is 11.3 Å². The lowest BCUT2D eigenvalue weighted by Crippen LogP contribution is -2.42. The van der Waals surface area contributed by atoms with Gasteiger partial charge in [-0.15, -0.1) is 0 Å². The van der Waals surface area contributed by atoms with Gasteiger partial charge in [-0.3, -0.25) is 0 Å². The molecule has 0 bridgehead atoms. The fraction of sp³-hybridized carbons (Fsp3) is 0.643. The zero-order valence-electron chi connectivity index (χ0n) is 11.7. The highest BCUT2D eigenvalue weighted by Crippen LogP contribution is 2.29. The number of aliphatic hydroxyl groups is 1. The molecule has 5 heteroatoms. The number of amides is 2. The third kappa shape index (κ3) is 5.20. The number of hydrogen-bond donors (Lipinski definition) is 3. The molecule has 0 saturated carbocycles. The number of thiophene rings is 1. The molecule has 0 spiro atoms. The van der Waals surface area contributed by atoms with Crippen molar-refractivity contribution in [2.45, 2.75) is 39.7 Å². The highest BCUT2D eigenvalue weighted by Gasteiger charge is 2.25. The van der Waals surface area contributed by atoms with Crippen molar-refractivity contribution >= 4 is 17.4 Å². The maximum atomic E-state index is 11.7. The molecule has 0 radical (unpaired) electrons. The van der Waals surface area contributed by atoms with Crippen LogP contribution in [0.3, 0.4) is 0 Å². The van der Waals surface area contributed by atoms with E-state index in [-0.39, 0.29) is 18.1 Å². The van der Waals surface area contributed by atoms with Crippen molar-refractivity contribution in [3.8, 4) is 0 Å². The number of urea groups is 1. The van der Waals surface area contributed by atoms with Crippen LogP contribution in [0.15, 0.2) is 16.8 Å². The summed E-state index contributed by atoms with van der Waals surface area (Å²) in [5.41, 5.74) is 1.13. The quantitative estimate of drug-likeness (QED) is 0.687. The number of nitrogens with one attached hydrogen (secondary N) is 2. The molecular weight excluding hydrogens is 260 g/mol. The molecule has 0 aliphatic rings. The molecule has 0 unspecified atom stereocenters. The molecule has 0 aromatic carbocycles. The summed E-state index contributed by atoms with van der Waals surface area (Å²) in [5, 5.41) is 18.9. The van der Waals surface area contributed by atoms with E-state index in [4.69, 9.17) is 5.11 Å². The Hall–Kier alpha value is -1.07. The first kappa shape index (κ1) is 16.0. The summed E-state index contributed by atoms with van der Waals surface area (Å²) in [5.74, 6) is 0. The van der Waals surface area contributed by atoms with Gasteiger partial charge in [0.05, 0.1) is 0 Å². The molecule has 2 amide bonds. The Morgan fingerprint density at radius 3 is 2.63 bits per heavy atom. The number of carbonyl (C=O) groups is 1. The molecule has 0 aliphatic heterocycles. The van der Waals surface area contributed by atoms with E-state index in [1.165, 1.54) is 0 Å². The lowest BCUT2D eigenvalue weighted by molar-refractivity contribution is 0.163. The molecule has 0 atom stereocenters. The van der Waals surface area contributed by atoms with Crippen LogP contribution in [-0.2, 0) is 6.54 Å². The molecule has 3 N–H and O–H groups in total. The first-order valence-corrected chi connectivity index (χ1v) is 7.73. The van der Waals surface area contributed by atoms with Crippen molar-refractivity contribution in [1.29, 1.82) is 0 Å². The minimum absolute atomic E-state index is 0.00840. The highest BCUT2D eigenvalue weighted by atomic mass is 32.1. The number of carbonyl (C=O) groups excluding carboxylic acids is 1. The van der Waals surface area contributed by atoms with Crippen LogP contribution in [0, 0.1) is 5.41 Å². The predicted molar refractivity (Wildman–Crippen MR) is 79.3 cm³/mol. The smallest absolute Gasteiger partial charge is 0.315 e. The maximum absolute atomic E-state index is 11.7. The Balaban J connectivity index is 2.35. The van der Waals surface area contributed by atoms with Crippen LogP contribution < -0.4 is 10.6 Å². The monoisotopic (exact) mass is 284 g/mol. The number of aliphatic hydroxyl groups excluding tert-OH is 1. The van der Waals surface area contributed by atoms with Crippen LogP contribution in [0.1, 0.15) is 38.7 Å². The summed E-state index contributed by atoms with van der Waals surface area (Å²) in [6, 6.07) is 1.86. The third-order valence-electron chi connectivity index (χ3n) is 3.80. The summed E-state index contributed by atoms with van der Waals surface area (Å²) in [6.07, 6.45) is 2.63. The molecule has 1 aromatic heterocycles. The van der Waals surface area contributed by atoms with Gasteiger partial charge < -0.3 is 15.7 Å². The fourth-order valence-corrected chi connectivity index (χ4v) is 2.75. The standard InChI is InChI=1S/C14H24N2O2S/c1-3-14(4-2,6-7-17)11-16-13(18)15-9-12-5-8-19-10-12/h5,8,10,17H,3-4,6-7,9,11H2,1-2H3,(H2,15,16,18). The van der Waals surface area contributed by atoms with Crippen molar-refractivity contribution in [3.63, 3.8) is 0 Å². The average Bonchev–Trinajstić information content (AvgIpc) is 2.94. The summed E-state index contributed by atoms with van der Waals surface area (Å²) in [7, 11) is 0. The third-order valence-corrected chi connectivity index (χ3v) is 4.53. The van der Waals surface area contributed by atoms with Crippen molar-refractivity contribution in [2.24, 2.45) is 5.41 Å². The van der Waals surface area contributed by atoms with E-state index < -0.39 is 0 Å². The lowest BCUT2D eigenvalue weighted by atomic mass is 9.79. The van der Waals surface area contributed by atoms with Gasteiger partial charge in [0.25, 0.3) is 0 Å². The highest BCUT2D eigenvalue weighted by molar-refractivity contribution is 7.07. The van der Waals surface area contributed by atoms with Gasteiger partial charge in [-0.25, -0.2) is 4.79 Å². The predicted octanol–water partition coefficient (Wildman–Crippen LogP) is 2.74. The van der Waals surface area contributed by atoms with E-state index in [9.17, 15) is 4.79 Å². The zero-order valence-corrected chi connectivity index (χ0v) is 12.6. The Morgan fingerprint density at radius 2 is 2.11 bits per heavy atom. The second-order valence-electron chi connectivity index (χ2n) is 4.85. The first-order chi connectivity index (χ1) is 9.15. The maximum Gasteiger partial charge on any atom is 0.315 e. The van der Waals surface area contributed by atoms with Gasteiger partial charge in [-0.1, -0.05) is 13.8 Å². The molecule has 0 saturated heterocycles. The van der Waals surface area contributed by atoms with Gasteiger partial charge in [-0.2, -0.15) is 11.3 Å². The summed E-state index contributed by atoms with van der Waals surface area (Å²) >= 11 is 1.62. The molecule has 4 nitrogen and oxygen atoms in total. The normalized spacial score (nSPS) is 11.3. The van der Waals surface area contributed by atoms with Gasteiger partial charge in [0.2, 0.25) is 0 Å². The second kappa shape index (κ2) is 8.17. The SMILES string of the molecule is CCC(CC)(CCO)CNC(=O)NCc1ccsc1. The van der Waals surface area contributed by atoms with E-state index >= 15 is 0 Å². The summed E-state index contributed by atoms with van der Waals surface area (Å²) in [4.78, 5) is 11.7. The lowest BCUT2D eigenvalue weighted by Gasteiger charge is -2.31. The van der Waals surface area contributed by atoms with Crippen LogP contribution in [0.4, 0.5) is 4.79 Å². The van der Waals surface area contributed by atoms with Crippen LogP contribution in [0.25, 0.3) is 0 Å². The number of hydrogen-bond acceptors (Lipinski definition) is 3. The Bertz CT molecular complexity index is 362. The average molecular weight is 284 g/mol. The van der Waals surface area contributed by atoms with E-state index in [2.05, 4.69) is 24.5 Å². The summed E-state index contributed by atoms with van der Waals surface area (Å²) in [6.45, 7) is 5.53. The minimum Gasteiger partial charge on any atom is -0.396 e. The molecule has 0 fully saturated rings. The molecule has 108 valence electrons. The van der Waals surface area contributed by atoms with Gasteiger partial charge in [0.1, 0.15) is 0 Å². The van der Waals surface area contributed by atoms with Crippen LogP contribution in [0.5, 0.6) is 0 Å². The molecule has 1 rings (SSSR count). The van der Waals surface area contributed by atoms with Crippen LogP contribution in [0.2, 0.25) is 0 Å². The van der Waals surface area contributed by atoms with Crippen molar-refractivity contribution < 1.29 is 9.90 Å². The van der Waals surface area contributed by atoms with Crippen molar-refractivity contribution in [1.82, 2.24) is 10.6 Å². The van der Waals surface area contributed by atoms with Gasteiger partial charge >= 0.3 is 6.03 Å². The second-order valence-corrected chi connectivity index (χ2v) is 5.63. The largest absolute Gasteiger partial charge is 0.396 e. The van der Waals surface area contributed by atoms with E-state index in [0.29, 0.717) is 13.1 Å². The van der Waals surface area contributed by atoms with Crippen molar-refractivity contribution in [2.75, 3.05) is 13.2 Å². The van der Waals surface area contributed by atoms with Crippen LogP contribution in [-0.4, -0.2) is 24.3 Å². The van der Waals surface area contributed by atoms with Crippen LogP contribution >= 0.6 is 11.3 Å². The minimum atomic E-state index is -0.143. The Labute approximate surface area is 119 Å². The molecule has 1 heterocycles. The van der Waals surface area contributed by atoms with Gasteiger partial charge in [0, 0.05) is 19.7 Å².